The highest BCUT2D eigenvalue weighted by atomic mass is 32.2. The lowest BCUT2D eigenvalue weighted by Crippen LogP contribution is -2.45. The molecule has 6 rings (SSSR count). The molecular formula is C35H26O3S. The summed E-state index contributed by atoms with van der Waals surface area (Å²) in [6.45, 7) is 1.92. The highest BCUT2D eigenvalue weighted by Gasteiger charge is 2.55. The monoisotopic (exact) mass is 526 g/mol. The summed E-state index contributed by atoms with van der Waals surface area (Å²) in [5, 5.41) is 0. The van der Waals surface area contributed by atoms with Crippen LogP contribution in [0.3, 0.4) is 0 Å². The molecule has 0 heterocycles. The van der Waals surface area contributed by atoms with Gasteiger partial charge >= 0.3 is 0 Å². The molecule has 0 saturated carbocycles. The van der Waals surface area contributed by atoms with Gasteiger partial charge in [-0.3, -0.25) is 4.79 Å². The minimum atomic E-state index is -4.20. The molecule has 0 atom stereocenters. The number of rotatable bonds is 5. The molecule has 0 bridgehead atoms. The Kier molecular flexibility index (Phi) is 6.13. The predicted molar refractivity (Wildman–Crippen MR) is 155 cm³/mol. The predicted octanol–water partition coefficient (Wildman–Crippen LogP) is 7.41. The van der Waals surface area contributed by atoms with Crippen molar-refractivity contribution in [1.82, 2.24) is 0 Å². The number of allylic oxidation sites excluding steroid dienone is 1. The van der Waals surface area contributed by atoms with E-state index in [2.05, 4.69) is 0 Å². The molecule has 0 N–H and O–H groups in total. The normalized spacial score (nSPS) is 14.6. The molecule has 3 nitrogen and oxygen atoms in total. The second-order valence-corrected chi connectivity index (χ2v) is 11.6. The average molecular weight is 527 g/mol. The number of fused-ring (bicyclic) bond motifs is 1. The number of Topliss-reactive ketones (excluding diaryl/α,β-unsaturated/α-hetero) is 1. The number of carbonyl (C=O) groups is 1. The summed E-state index contributed by atoms with van der Waals surface area (Å²) in [6, 6.07) is 42.3. The Labute approximate surface area is 229 Å². The molecule has 0 aromatic heterocycles. The maximum Gasteiger partial charge on any atom is 0.205 e. The van der Waals surface area contributed by atoms with Gasteiger partial charge in [-0.15, -0.1) is 0 Å². The van der Waals surface area contributed by atoms with Crippen molar-refractivity contribution in [2.24, 2.45) is 0 Å². The summed E-state index contributed by atoms with van der Waals surface area (Å²) in [6.07, 6.45) is 0. The van der Waals surface area contributed by atoms with Gasteiger partial charge in [0.1, 0.15) is 5.41 Å². The first-order valence-corrected chi connectivity index (χ1v) is 14.3. The van der Waals surface area contributed by atoms with Crippen LogP contribution in [0.1, 0.15) is 38.2 Å². The maximum atomic E-state index is 15.0. The molecule has 0 saturated heterocycles. The molecule has 39 heavy (non-hydrogen) atoms. The second kappa shape index (κ2) is 9.64. The van der Waals surface area contributed by atoms with Crippen molar-refractivity contribution in [2.45, 2.75) is 17.2 Å². The molecule has 5 aromatic carbocycles. The van der Waals surface area contributed by atoms with Crippen LogP contribution in [0.4, 0.5) is 0 Å². The van der Waals surface area contributed by atoms with E-state index in [0.29, 0.717) is 27.8 Å². The van der Waals surface area contributed by atoms with Crippen LogP contribution < -0.4 is 0 Å². The second-order valence-electron chi connectivity index (χ2n) is 9.74. The van der Waals surface area contributed by atoms with Crippen LogP contribution in [0.2, 0.25) is 0 Å². The maximum absolute atomic E-state index is 15.0. The van der Waals surface area contributed by atoms with Crippen molar-refractivity contribution in [3.05, 3.63) is 178 Å². The van der Waals surface area contributed by atoms with E-state index >= 15 is 0 Å². The smallest absolute Gasteiger partial charge is 0.205 e. The van der Waals surface area contributed by atoms with Gasteiger partial charge in [-0.05, 0) is 41.3 Å². The Bertz CT molecular complexity index is 1760. The third kappa shape index (κ3) is 3.87. The fourth-order valence-corrected chi connectivity index (χ4v) is 7.60. The Morgan fingerprint density at radius 3 is 1.54 bits per heavy atom. The molecule has 0 unspecified atom stereocenters. The first-order valence-electron chi connectivity index (χ1n) is 12.8. The van der Waals surface area contributed by atoms with Crippen LogP contribution in [0.25, 0.3) is 5.57 Å². The molecule has 0 fully saturated rings. The lowest BCUT2D eigenvalue weighted by atomic mass is 9.63. The zero-order valence-corrected chi connectivity index (χ0v) is 22.2. The number of hydrogen-bond donors (Lipinski definition) is 0. The molecule has 1 aliphatic rings. The molecule has 0 spiro atoms. The van der Waals surface area contributed by atoms with Crippen molar-refractivity contribution in [3.63, 3.8) is 0 Å². The molecular weight excluding hydrogens is 500 g/mol. The largest absolute Gasteiger partial charge is 0.292 e. The Morgan fingerprint density at radius 1 is 0.538 bits per heavy atom. The van der Waals surface area contributed by atoms with Crippen molar-refractivity contribution in [2.75, 3.05) is 0 Å². The molecule has 0 radical (unpaired) electrons. The molecule has 4 heteroatoms. The van der Waals surface area contributed by atoms with Crippen LogP contribution in [0.15, 0.2) is 149 Å². The van der Waals surface area contributed by atoms with E-state index < -0.39 is 15.3 Å². The standard InChI is InChI=1S/C35H26O3S/c1-25-21-23-29(24-22-25)39(37,38)34-32(26-13-5-2-6-14-26)30-19-11-12-20-31(30)33(36)35(34,27-15-7-3-8-16-27)28-17-9-4-10-18-28/h2-24H,1H3. The average Bonchev–Trinajstić information content (AvgIpc) is 2.99. The topological polar surface area (TPSA) is 51.2 Å². The lowest BCUT2D eigenvalue weighted by Gasteiger charge is -2.41. The van der Waals surface area contributed by atoms with Gasteiger partial charge in [-0.25, -0.2) is 8.42 Å². The number of hydrogen-bond acceptors (Lipinski definition) is 3. The third-order valence-electron chi connectivity index (χ3n) is 7.43. The van der Waals surface area contributed by atoms with Gasteiger partial charge in [-0.2, -0.15) is 0 Å². The van der Waals surface area contributed by atoms with Crippen LogP contribution >= 0.6 is 0 Å². The summed E-state index contributed by atoms with van der Waals surface area (Å²) in [4.78, 5) is 15.2. The third-order valence-corrected chi connectivity index (χ3v) is 9.37. The number of benzene rings is 5. The van der Waals surface area contributed by atoms with E-state index in [1.54, 1.807) is 30.3 Å². The molecule has 1 aliphatic carbocycles. The van der Waals surface area contributed by atoms with Gasteiger partial charge < -0.3 is 0 Å². The summed E-state index contributed by atoms with van der Waals surface area (Å²) in [5.41, 5.74) is 2.94. The summed E-state index contributed by atoms with van der Waals surface area (Å²) in [5.74, 6) is -0.263. The van der Waals surface area contributed by atoms with Crippen molar-refractivity contribution in [1.29, 1.82) is 0 Å². The zero-order valence-electron chi connectivity index (χ0n) is 21.4. The van der Waals surface area contributed by atoms with Crippen LogP contribution in [-0.2, 0) is 15.3 Å². The van der Waals surface area contributed by atoms with Crippen LogP contribution in [0.5, 0.6) is 0 Å². The SMILES string of the molecule is Cc1ccc(S(=O)(=O)C2=C(c3ccccc3)c3ccccc3C(=O)C2(c2ccccc2)c2ccccc2)cc1. The summed E-state index contributed by atoms with van der Waals surface area (Å²) < 4.78 is 30.0. The number of sulfone groups is 1. The molecule has 190 valence electrons. The minimum absolute atomic E-state index is 0.0751. The van der Waals surface area contributed by atoms with Crippen molar-refractivity contribution < 1.29 is 13.2 Å². The Balaban J connectivity index is 1.89. The van der Waals surface area contributed by atoms with E-state index in [4.69, 9.17) is 0 Å². The fraction of sp³-hybridized carbons (Fsp3) is 0.0571. The molecule has 5 aromatic rings. The zero-order chi connectivity index (χ0) is 27.0. The van der Waals surface area contributed by atoms with E-state index in [1.807, 2.05) is 116 Å². The lowest BCUT2D eigenvalue weighted by molar-refractivity contribution is 0.0934. The number of aryl methyl sites for hydroxylation is 1. The van der Waals surface area contributed by atoms with Crippen molar-refractivity contribution >= 4 is 21.2 Å². The summed E-state index contributed by atoms with van der Waals surface area (Å²) >= 11 is 0. The van der Waals surface area contributed by atoms with E-state index in [1.165, 1.54) is 0 Å². The molecule has 0 aliphatic heterocycles. The first-order chi connectivity index (χ1) is 19.0. The van der Waals surface area contributed by atoms with Crippen LogP contribution in [-0.4, -0.2) is 14.2 Å². The summed E-state index contributed by atoms with van der Waals surface area (Å²) in [7, 11) is -4.20. The van der Waals surface area contributed by atoms with Gasteiger partial charge in [-0.1, -0.05) is 133 Å². The Hall–Kier alpha value is -4.54. The van der Waals surface area contributed by atoms with Crippen molar-refractivity contribution in [3.8, 4) is 0 Å². The highest BCUT2D eigenvalue weighted by Crippen LogP contribution is 2.54. The van der Waals surface area contributed by atoms with Crippen LogP contribution in [0, 0.1) is 6.92 Å². The minimum Gasteiger partial charge on any atom is -0.292 e. The van der Waals surface area contributed by atoms with Gasteiger partial charge in [0.2, 0.25) is 9.84 Å². The molecule has 0 amide bonds. The number of ketones is 1. The fourth-order valence-electron chi connectivity index (χ4n) is 5.64. The van der Waals surface area contributed by atoms with E-state index in [0.717, 1.165) is 11.1 Å². The van der Waals surface area contributed by atoms with Gasteiger partial charge in [0.25, 0.3) is 0 Å². The highest BCUT2D eigenvalue weighted by molar-refractivity contribution is 7.95. The Morgan fingerprint density at radius 2 is 1.00 bits per heavy atom. The first kappa shape index (κ1) is 24.8. The van der Waals surface area contributed by atoms with E-state index in [9.17, 15) is 13.2 Å². The number of carbonyl (C=O) groups excluding carboxylic acids is 1. The van der Waals surface area contributed by atoms with Gasteiger partial charge in [0, 0.05) is 11.1 Å². The van der Waals surface area contributed by atoms with E-state index in [-0.39, 0.29) is 15.6 Å². The van der Waals surface area contributed by atoms with Gasteiger partial charge in [0.15, 0.2) is 5.78 Å². The quantitative estimate of drug-likeness (QED) is 0.240. The van der Waals surface area contributed by atoms with Gasteiger partial charge in [0.05, 0.1) is 9.80 Å².